The average molecular weight is 229 g/mol. The van der Waals surface area contributed by atoms with Crippen LogP contribution < -0.4 is 4.74 Å². The van der Waals surface area contributed by atoms with Gasteiger partial charge in [-0.25, -0.2) is 0 Å². The molecular formula is C9H9ClN2OS. The van der Waals surface area contributed by atoms with E-state index in [4.69, 9.17) is 16.3 Å². The van der Waals surface area contributed by atoms with Crippen LogP contribution in [0.2, 0.25) is 4.34 Å². The lowest BCUT2D eigenvalue weighted by atomic mass is 10.5. The molecule has 0 aromatic carbocycles. The van der Waals surface area contributed by atoms with E-state index in [1.54, 1.807) is 10.9 Å². The van der Waals surface area contributed by atoms with Crippen molar-refractivity contribution in [2.75, 3.05) is 0 Å². The molecule has 0 radical (unpaired) electrons. The van der Waals surface area contributed by atoms with Crippen LogP contribution in [0.15, 0.2) is 24.5 Å². The van der Waals surface area contributed by atoms with Crippen LogP contribution in [0, 0.1) is 0 Å². The standard InChI is InChI=1S/C9H9ClN2OS/c1-12-5-7(4-11-12)13-6-8-2-3-9(10)14-8/h2-5H,6H2,1H3. The summed E-state index contributed by atoms with van der Waals surface area (Å²) in [5.41, 5.74) is 0. The summed E-state index contributed by atoms with van der Waals surface area (Å²) in [6, 6.07) is 3.83. The maximum absolute atomic E-state index is 5.79. The third-order valence-corrected chi connectivity index (χ3v) is 2.90. The normalized spacial score (nSPS) is 10.4. The van der Waals surface area contributed by atoms with Crippen molar-refractivity contribution in [2.24, 2.45) is 7.05 Å². The quantitative estimate of drug-likeness (QED) is 0.808. The fraction of sp³-hybridized carbons (Fsp3) is 0.222. The van der Waals surface area contributed by atoms with Crippen molar-refractivity contribution in [1.29, 1.82) is 0 Å². The van der Waals surface area contributed by atoms with Gasteiger partial charge in [-0.2, -0.15) is 5.10 Å². The Labute approximate surface area is 90.9 Å². The summed E-state index contributed by atoms with van der Waals surface area (Å²) in [7, 11) is 1.86. The predicted molar refractivity (Wildman–Crippen MR) is 56.9 cm³/mol. The van der Waals surface area contributed by atoms with Crippen LogP contribution >= 0.6 is 22.9 Å². The first-order chi connectivity index (χ1) is 6.74. The van der Waals surface area contributed by atoms with Crippen LogP contribution in [0.5, 0.6) is 5.75 Å². The second-order valence-electron chi connectivity index (χ2n) is 2.84. The zero-order valence-corrected chi connectivity index (χ0v) is 9.18. The molecule has 2 rings (SSSR count). The number of aromatic nitrogens is 2. The van der Waals surface area contributed by atoms with Crippen LogP contribution in [0.4, 0.5) is 0 Å². The highest BCUT2D eigenvalue weighted by Gasteiger charge is 2.00. The zero-order valence-electron chi connectivity index (χ0n) is 7.61. The van der Waals surface area contributed by atoms with E-state index >= 15 is 0 Å². The van der Waals surface area contributed by atoms with Crippen LogP contribution in [0.1, 0.15) is 4.88 Å². The van der Waals surface area contributed by atoms with Crippen molar-refractivity contribution >= 4 is 22.9 Å². The van der Waals surface area contributed by atoms with Crippen molar-refractivity contribution in [2.45, 2.75) is 6.61 Å². The van der Waals surface area contributed by atoms with Gasteiger partial charge in [0.25, 0.3) is 0 Å². The molecular weight excluding hydrogens is 220 g/mol. The maximum Gasteiger partial charge on any atom is 0.157 e. The molecule has 5 heteroatoms. The molecule has 0 bridgehead atoms. The Morgan fingerprint density at radius 1 is 1.57 bits per heavy atom. The maximum atomic E-state index is 5.79. The van der Waals surface area contributed by atoms with E-state index in [9.17, 15) is 0 Å². The molecule has 2 heterocycles. The van der Waals surface area contributed by atoms with Gasteiger partial charge in [0.05, 0.1) is 16.7 Å². The lowest BCUT2D eigenvalue weighted by Gasteiger charge is -1.99. The summed E-state index contributed by atoms with van der Waals surface area (Å²) < 4.78 is 7.99. The Morgan fingerprint density at radius 3 is 3.00 bits per heavy atom. The number of hydrogen-bond donors (Lipinski definition) is 0. The van der Waals surface area contributed by atoms with E-state index in [1.165, 1.54) is 11.3 Å². The number of nitrogens with zero attached hydrogens (tertiary/aromatic N) is 2. The molecule has 0 fully saturated rings. The van der Waals surface area contributed by atoms with E-state index in [0.29, 0.717) is 6.61 Å². The highest BCUT2D eigenvalue weighted by atomic mass is 35.5. The summed E-state index contributed by atoms with van der Waals surface area (Å²) >= 11 is 7.32. The van der Waals surface area contributed by atoms with Crippen molar-refractivity contribution in [3.05, 3.63) is 33.7 Å². The molecule has 2 aromatic rings. The second-order valence-corrected chi connectivity index (χ2v) is 4.64. The molecule has 0 aliphatic rings. The lowest BCUT2D eigenvalue weighted by Crippen LogP contribution is -1.91. The van der Waals surface area contributed by atoms with Crippen LogP contribution in [0.3, 0.4) is 0 Å². The van der Waals surface area contributed by atoms with E-state index < -0.39 is 0 Å². The van der Waals surface area contributed by atoms with Crippen molar-refractivity contribution < 1.29 is 4.74 Å². The molecule has 0 spiro atoms. The molecule has 0 saturated carbocycles. The van der Waals surface area contributed by atoms with Gasteiger partial charge in [0.15, 0.2) is 5.75 Å². The largest absolute Gasteiger partial charge is 0.485 e. The highest BCUT2D eigenvalue weighted by Crippen LogP contribution is 2.22. The molecule has 14 heavy (non-hydrogen) atoms. The van der Waals surface area contributed by atoms with Gasteiger partial charge in [-0.05, 0) is 12.1 Å². The molecule has 2 aromatic heterocycles. The molecule has 0 aliphatic heterocycles. The first-order valence-electron chi connectivity index (χ1n) is 4.10. The van der Waals surface area contributed by atoms with Gasteiger partial charge in [-0.3, -0.25) is 4.68 Å². The van der Waals surface area contributed by atoms with E-state index in [1.807, 2.05) is 25.4 Å². The summed E-state index contributed by atoms with van der Waals surface area (Å²) in [6.07, 6.45) is 3.52. The lowest BCUT2D eigenvalue weighted by molar-refractivity contribution is 0.309. The molecule has 3 nitrogen and oxygen atoms in total. The van der Waals surface area contributed by atoms with Crippen molar-refractivity contribution in [1.82, 2.24) is 9.78 Å². The smallest absolute Gasteiger partial charge is 0.157 e. The third kappa shape index (κ3) is 2.27. The van der Waals surface area contributed by atoms with E-state index in [2.05, 4.69) is 5.10 Å². The highest BCUT2D eigenvalue weighted by molar-refractivity contribution is 7.16. The van der Waals surface area contributed by atoms with Gasteiger partial charge < -0.3 is 4.74 Å². The minimum Gasteiger partial charge on any atom is -0.485 e. The van der Waals surface area contributed by atoms with Gasteiger partial charge >= 0.3 is 0 Å². The number of halogens is 1. The number of rotatable bonds is 3. The van der Waals surface area contributed by atoms with Crippen molar-refractivity contribution in [3.8, 4) is 5.75 Å². The molecule has 0 N–H and O–H groups in total. The molecule has 0 aliphatic carbocycles. The fourth-order valence-electron chi connectivity index (χ4n) is 1.06. The second kappa shape index (κ2) is 4.02. The van der Waals surface area contributed by atoms with Crippen LogP contribution in [-0.4, -0.2) is 9.78 Å². The Hall–Kier alpha value is -1.00. The first kappa shape index (κ1) is 9.55. The number of hydrogen-bond acceptors (Lipinski definition) is 3. The Kier molecular flexibility index (Phi) is 2.74. The van der Waals surface area contributed by atoms with Gasteiger partial charge in [0, 0.05) is 11.9 Å². The fourth-order valence-corrected chi connectivity index (χ4v) is 2.06. The van der Waals surface area contributed by atoms with Crippen molar-refractivity contribution in [3.63, 3.8) is 0 Å². The number of thiophene rings is 1. The SMILES string of the molecule is Cn1cc(OCc2ccc(Cl)s2)cn1. The minimum absolute atomic E-state index is 0.545. The first-order valence-corrected chi connectivity index (χ1v) is 5.29. The van der Waals surface area contributed by atoms with Gasteiger partial charge in [0.2, 0.25) is 0 Å². The number of ether oxygens (including phenoxy) is 1. The molecule has 74 valence electrons. The molecule has 0 saturated heterocycles. The van der Waals surface area contributed by atoms with Gasteiger partial charge in [-0.1, -0.05) is 11.6 Å². The Morgan fingerprint density at radius 2 is 2.43 bits per heavy atom. The van der Waals surface area contributed by atoms with Gasteiger partial charge in [-0.15, -0.1) is 11.3 Å². The van der Waals surface area contributed by atoms with E-state index in [-0.39, 0.29) is 0 Å². The van der Waals surface area contributed by atoms with E-state index in [0.717, 1.165) is 15.0 Å². The average Bonchev–Trinajstić information content (AvgIpc) is 2.72. The van der Waals surface area contributed by atoms with Gasteiger partial charge in [0.1, 0.15) is 6.61 Å². The summed E-state index contributed by atoms with van der Waals surface area (Å²) in [5, 5.41) is 4.00. The Balaban J connectivity index is 1.94. The van der Waals surface area contributed by atoms with Crippen LogP contribution in [-0.2, 0) is 13.7 Å². The summed E-state index contributed by atoms with van der Waals surface area (Å²) in [6.45, 7) is 0.545. The molecule has 0 unspecified atom stereocenters. The summed E-state index contributed by atoms with van der Waals surface area (Å²) in [4.78, 5) is 1.11. The monoisotopic (exact) mass is 228 g/mol. The predicted octanol–water partition coefficient (Wildman–Crippen LogP) is 2.71. The third-order valence-electron chi connectivity index (χ3n) is 1.69. The topological polar surface area (TPSA) is 27.1 Å². The summed E-state index contributed by atoms with van der Waals surface area (Å²) in [5.74, 6) is 0.775. The van der Waals surface area contributed by atoms with Crippen LogP contribution in [0.25, 0.3) is 0 Å². The zero-order chi connectivity index (χ0) is 9.97. The molecule has 0 amide bonds. The Bertz CT molecular complexity index is 384. The number of aryl methyl sites for hydroxylation is 1. The minimum atomic E-state index is 0.545. The molecule has 0 atom stereocenters.